The number of carboxylic acid groups (broad SMARTS) is 1. The average molecular weight is 227 g/mol. The molecule has 0 aliphatic carbocycles. The average Bonchev–Trinajstić information content (AvgIpc) is 2.20. The van der Waals surface area contributed by atoms with Crippen LogP contribution in [0, 0.1) is 0 Å². The molecule has 5 nitrogen and oxygen atoms in total. The molecule has 82 valence electrons. The van der Waals surface area contributed by atoms with E-state index in [1.807, 2.05) is 0 Å². The molecule has 0 unspecified atom stereocenters. The molecule has 0 atom stereocenters. The van der Waals surface area contributed by atoms with Crippen LogP contribution in [-0.4, -0.2) is 26.8 Å². The third-order valence-corrected chi connectivity index (χ3v) is 2.80. The molecule has 1 rings (SSSR count). The molecular formula is C9H13N3O2S. The van der Waals surface area contributed by atoms with Crippen molar-refractivity contribution in [3.8, 4) is 0 Å². The highest BCUT2D eigenvalue weighted by molar-refractivity contribution is 7.99. The minimum absolute atomic E-state index is 0.219. The number of nitrogen functional groups attached to an aromatic ring is 1. The summed E-state index contributed by atoms with van der Waals surface area (Å²) in [7, 11) is 0. The molecule has 0 spiro atoms. The van der Waals surface area contributed by atoms with E-state index in [0.717, 1.165) is 12.2 Å². The van der Waals surface area contributed by atoms with Crippen LogP contribution in [0.5, 0.6) is 0 Å². The lowest BCUT2D eigenvalue weighted by Gasteiger charge is -2.01. The molecule has 1 aromatic rings. The van der Waals surface area contributed by atoms with Crippen molar-refractivity contribution in [2.75, 3.05) is 11.5 Å². The second-order valence-corrected chi connectivity index (χ2v) is 4.03. The number of nitrogens with zero attached hydrogens (tertiary/aromatic N) is 2. The van der Waals surface area contributed by atoms with Gasteiger partial charge in [-0.2, -0.15) is 0 Å². The molecule has 0 aromatic carbocycles. The maximum absolute atomic E-state index is 10.2. The normalized spacial score (nSPS) is 10.1. The number of hydrogen-bond donors (Lipinski definition) is 2. The standard InChI is InChI=1S/C9H13N3O2S/c10-8-9(12-5-4-11-8)15-6-2-1-3-7(13)14/h4-5H,1-3,6H2,(H2,10,11)(H,13,14). The van der Waals surface area contributed by atoms with E-state index < -0.39 is 5.97 Å². The Morgan fingerprint density at radius 3 is 2.80 bits per heavy atom. The highest BCUT2D eigenvalue weighted by Gasteiger charge is 2.02. The molecular weight excluding hydrogens is 214 g/mol. The first kappa shape index (κ1) is 11.8. The fourth-order valence-electron chi connectivity index (χ4n) is 0.994. The minimum atomic E-state index is -0.751. The summed E-state index contributed by atoms with van der Waals surface area (Å²) in [6.07, 6.45) is 4.88. The third kappa shape index (κ3) is 4.64. The van der Waals surface area contributed by atoms with Crippen molar-refractivity contribution in [2.45, 2.75) is 24.3 Å². The Kier molecular flexibility index (Phi) is 4.89. The molecule has 1 heterocycles. The van der Waals surface area contributed by atoms with Crippen LogP contribution in [0.1, 0.15) is 19.3 Å². The summed E-state index contributed by atoms with van der Waals surface area (Å²) >= 11 is 1.51. The molecule has 0 aliphatic heterocycles. The van der Waals surface area contributed by atoms with E-state index in [2.05, 4.69) is 9.97 Å². The Hall–Kier alpha value is -1.30. The summed E-state index contributed by atoms with van der Waals surface area (Å²) < 4.78 is 0. The monoisotopic (exact) mass is 227 g/mol. The van der Waals surface area contributed by atoms with E-state index in [0.29, 0.717) is 17.3 Å². The van der Waals surface area contributed by atoms with Crippen molar-refractivity contribution in [2.24, 2.45) is 0 Å². The van der Waals surface area contributed by atoms with Gasteiger partial charge in [0.1, 0.15) is 5.03 Å². The molecule has 0 bridgehead atoms. The van der Waals surface area contributed by atoms with Gasteiger partial charge >= 0.3 is 5.97 Å². The molecule has 0 aliphatic rings. The summed E-state index contributed by atoms with van der Waals surface area (Å²) in [5, 5.41) is 9.14. The van der Waals surface area contributed by atoms with Crippen LogP contribution in [-0.2, 0) is 4.79 Å². The predicted octanol–water partition coefficient (Wildman–Crippen LogP) is 1.41. The number of aliphatic carboxylic acids is 1. The second kappa shape index (κ2) is 6.23. The largest absolute Gasteiger partial charge is 0.481 e. The fourth-order valence-corrected chi connectivity index (χ4v) is 1.87. The number of thioether (sulfide) groups is 1. The van der Waals surface area contributed by atoms with Gasteiger partial charge in [0.15, 0.2) is 5.82 Å². The van der Waals surface area contributed by atoms with Gasteiger partial charge < -0.3 is 10.8 Å². The molecule has 15 heavy (non-hydrogen) atoms. The second-order valence-electron chi connectivity index (χ2n) is 2.95. The van der Waals surface area contributed by atoms with Gasteiger partial charge in [-0.25, -0.2) is 9.97 Å². The van der Waals surface area contributed by atoms with Gasteiger partial charge in [-0.15, -0.1) is 11.8 Å². The zero-order chi connectivity index (χ0) is 11.1. The number of rotatable bonds is 6. The highest BCUT2D eigenvalue weighted by atomic mass is 32.2. The van der Waals surface area contributed by atoms with Crippen LogP contribution < -0.4 is 5.73 Å². The number of hydrogen-bond acceptors (Lipinski definition) is 5. The molecule has 0 fully saturated rings. The van der Waals surface area contributed by atoms with Crippen LogP contribution in [0.15, 0.2) is 17.4 Å². The van der Waals surface area contributed by atoms with Gasteiger partial charge in [-0.3, -0.25) is 4.79 Å². The quantitative estimate of drug-likeness (QED) is 0.564. The van der Waals surface area contributed by atoms with Gasteiger partial charge in [0.25, 0.3) is 0 Å². The first-order valence-corrected chi connectivity index (χ1v) is 5.60. The summed E-state index contributed by atoms with van der Waals surface area (Å²) in [4.78, 5) is 18.2. The van der Waals surface area contributed by atoms with Crippen LogP contribution in [0.3, 0.4) is 0 Å². The number of anilines is 1. The van der Waals surface area contributed by atoms with E-state index in [1.54, 1.807) is 12.4 Å². The maximum Gasteiger partial charge on any atom is 0.303 e. The SMILES string of the molecule is Nc1nccnc1SCCCCC(=O)O. The summed E-state index contributed by atoms with van der Waals surface area (Å²) in [5.74, 6) is 0.496. The zero-order valence-electron chi connectivity index (χ0n) is 8.22. The number of carboxylic acids is 1. The van der Waals surface area contributed by atoms with E-state index in [9.17, 15) is 4.79 Å². The van der Waals surface area contributed by atoms with Gasteiger partial charge in [0, 0.05) is 18.8 Å². The lowest BCUT2D eigenvalue weighted by atomic mass is 10.3. The van der Waals surface area contributed by atoms with Gasteiger partial charge in [0.05, 0.1) is 0 Å². The lowest BCUT2D eigenvalue weighted by Crippen LogP contribution is -1.96. The van der Waals surface area contributed by atoms with Crippen LogP contribution >= 0.6 is 11.8 Å². The van der Waals surface area contributed by atoms with Crippen molar-refractivity contribution in [3.63, 3.8) is 0 Å². The third-order valence-electron chi connectivity index (χ3n) is 1.71. The lowest BCUT2D eigenvalue weighted by molar-refractivity contribution is -0.137. The van der Waals surface area contributed by atoms with E-state index in [-0.39, 0.29) is 6.42 Å². The van der Waals surface area contributed by atoms with Crippen LogP contribution in [0.2, 0.25) is 0 Å². The molecule has 0 saturated heterocycles. The Morgan fingerprint density at radius 1 is 1.40 bits per heavy atom. The maximum atomic E-state index is 10.2. The number of aromatic nitrogens is 2. The summed E-state index contributed by atoms with van der Waals surface area (Å²) in [6.45, 7) is 0. The number of unbranched alkanes of at least 4 members (excludes halogenated alkanes) is 1. The first-order chi connectivity index (χ1) is 7.20. The van der Waals surface area contributed by atoms with Crippen LogP contribution in [0.4, 0.5) is 5.82 Å². The highest BCUT2D eigenvalue weighted by Crippen LogP contribution is 2.20. The van der Waals surface area contributed by atoms with Gasteiger partial charge in [-0.1, -0.05) is 0 Å². The molecule has 0 amide bonds. The predicted molar refractivity (Wildman–Crippen MR) is 58.7 cm³/mol. The Balaban J connectivity index is 2.21. The number of nitrogens with two attached hydrogens (primary N) is 1. The molecule has 3 N–H and O–H groups in total. The fraction of sp³-hybridized carbons (Fsp3) is 0.444. The molecule has 1 aromatic heterocycles. The van der Waals surface area contributed by atoms with Crippen molar-refractivity contribution in [1.82, 2.24) is 9.97 Å². The van der Waals surface area contributed by atoms with Crippen LogP contribution in [0.25, 0.3) is 0 Å². The van der Waals surface area contributed by atoms with Crippen molar-refractivity contribution in [3.05, 3.63) is 12.4 Å². The summed E-state index contributed by atoms with van der Waals surface area (Å²) in [6, 6.07) is 0. The minimum Gasteiger partial charge on any atom is -0.481 e. The van der Waals surface area contributed by atoms with Crippen molar-refractivity contribution >= 4 is 23.5 Å². The Labute approximate surface area is 92.1 Å². The van der Waals surface area contributed by atoms with E-state index in [1.165, 1.54) is 11.8 Å². The van der Waals surface area contributed by atoms with E-state index in [4.69, 9.17) is 10.8 Å². The Morgan fingerprint density at radius 2 is 2.13 bits per heavy atom. The Bertz CT molecular complexity index is 333. The topological polar surface area (TPSA) is 89.1 Å². The molecule has 6 heteroatoms. The molecule has 0 saturated carbocycles. The van der Waals surface area contributed by atoms with Gasteiger partial charge in [-0.05, 0) is 18.6 Å². The van der Waals surface area contributed by atoms with Crippen molar-refractivity contribution < 1.29 is 9.90 Å². The van der Waals surface area contributed by atoms with Gasteiger partial charge in [0.2, 0.25) is 0 Å². The van der Waals surface area contributed by atoms with E-state index >= 15 is 0 Å². The van der Waals surface area contributed by atoms with Crippen molar-refractivity contribution in [1.29, 1.82) is 0 Å². The smallest absolute Gasteiger partial charge is 0.303 e. The summed E-state index contributed by atoms with van der Waals surface area (Å²) in [5.41, 5.74) is 5.59. The zero-order valence-corrected chi connectivity index (χ0v) is 9.04. The number of carbonyl (C=O) groups is 1. The first-order valence-electron chi connectivity index (χ1n) is 4.61. The molecule has 0 radical (unpaired) electrons.